The van der Waals surface area contributed by atoms with Crippen LogP contribution in [0.3, 0.4) is 0 Å². The average molecular weight is 288 g/mol. The lowest BCUT2D eigenvalue weighted by Gasteiger charge is -2.13. The Labute approximate surface area is 117 Å². The SMILES string of the molecule is CCOC(=O)CNCc1ccc(OC)c(OC)c1Cl. The molecule has 0 aliphatic rings. The summed E-state index contributed by atoms with van der Waals surface area (Å²) in [6, 6.07) is 3.59. The van der Waals surface area contributed by atoms with E-state index in [1.165, 1.54) is 7.11 Å². The maximum atomic E-state index is 11.2. The van der Waals surface area contributed by atoms with Crippen LogP contribution in [0, 0.1) is 0 Å². The summed E-state index contributed by atoms with van der Waals surface area (Å²) in [6.45, 7) is 2.72. The van der Waals surface area contributed by atoms with Crippen LogP contribution in [-0.2, 0) is 16.1 Å². The number of rotatable bonds is 7. The topological polar surface area (TPSA) is 56.8 Å². The molecule has 0 spiro atoms. The van der Waals surface area contributed by atoms with E-state index in [1.807, 2.05) is 6.07 Å². The van der Waals surface area contributed by atoms with Gasteiger partial charge in [0.25, 0.3) is 0 Å². The fraction of sp³-hybridized carbons (Fsp3) is 0.462. The van der Waals surface area contributed by atoms with E-state index in [2.05, 4.69) is 5.32 Å². The van der Waals surface area contributed by atoms with Gasteiger partial charge in [-0.2, -0.15) is 0 Å². The Morgan fingerprint density at radius 3 is 2.63 bits per heavy atom. The number of ether oxygens (including phenoxy) is 3. The van der Waals surface area contributed by atoms with Gasteiger partial charge < -0.3 is 19.5 Å². The van der Waals surface area contributed by atoms with Crippen molar-refractivity contribution in [3.8, 4) is 11.5 Å². The number of hydrogen-bond donors (Lipinski definition) is 1. The summed E-state index contributed by atoms with van der Waals surface area (Å²) in [6.07, 6.45) is 0. The molecular weight excluding hydrogens is 270 g/mol. The van der Waals surface area contributed by atoms with E-state index in [9.17, 15) is 4.79 Å². The van der Waals surface area contributed by atoms with E-state index >= 15 is 0 Å². The number of halogens is 1. The predicted octanol–water partition coefficient (Wildman–Crippen LogP) is 2.01. The molecule has 1 aromatic carbocycles. The van der Waals surface area contributed by atoms with Crippen LogP contribution in [-0.4, -0.2) is 33.3 Å². The van der Waals surface area contributed by atoms with Crippen LogP contribution in [0.25, 0.3) is 0 Å². The van der Waals surface area contributed by atoms with Crippen LogP contribution in [0.4, 0.5) is 0 Å². The van der Waals surface area contributed by atoms with Crippen LogP contribution in [0.5, 0.6) is 11.5 Å². The van der Waals surface area contributed by atoms with Gasteiger partial charge >= 0.3 is 5.97 Å². The Morgan fingerprint density at radius 2 is 2.05 bits per heavy atom. The van der Waals surface area contributed by atoms with Crippen LogP contribution in [0.15, 0.2) is 12.1 Å². The van der Waals surface area contributed by atoms with E-state index in [4.69, 9.17) is 25.8 Å². The molecule has 0 heterocycles. The van der Waals surface area contributed by atoms with Gasteiger partial charge in [-0.3, -0.25) is 4.79 Å². The monoisotopic (exact) mass is 287 g/mol. The first kappa shape index (κ1) is 15.6. The summed E-state index contributed by atoms with van der Waals surface area (Å²) in [5.74, 6) is 0.764. The van der Waals surface area contributed by atoms with Crippen molar-refractivity contribution in [1.82, 2.24) is 5.32 Å². The van der Waals surface area contributed by atoms with Crippen molar-refractivity contribution in [2.24, 2.45) is 0 Å². The van der Waals surface area contributed by atoms with Crippen LogP contribution >= 0.6 is 11.6 Å². The first-order valence-electron chi connectivity index (χ1n) is 5.89. The Kier molecular flexibility index (Phi) is 6.45. The third-order valence-electron chi connectivity index (χ3n) is 2.46. The maximum Gasteiger partial charge on any atom is 0.319 e. The number of esters is 1. The zero-order valence-electron chi connectivity index (χ0n) is 11.3. The fourth-order valence-corrected chi connectivity index (χ4v) is 1.88. The molecule has 0 amide bonds. The smallest absolute Gasteiger partial charge is 0.319 e. The van der Waals surface area contributed by atoms with Crippen molar-refractivity contribution in [2.75, 3.05) is 27.4 Å². The molecule has 1 aromatic rings. The van der Waals surface area contributed by atoms with Crippen molar-refractivity contribution in [2.45, 2.75) is 13.5 Å². The van der Waals surface area contributed by atoms with E-state index < -0.39 is 0 Å². The summed E-state index contributed by atoms with van der Waals surface area (Å²) in [5.41, 5.74) is 0.823. The fourth-order valence-electron chi connectivity index (χ4n) is 1.58. The standard InChI is InChI=1S/C13H18ClNO4/c1-4-19-11(16)8-15-7-9-5-6-10(17-2)13(18-3)12(9)14/h5-6,15H,4,7-8H2,1-3H3. The lowest BCUT2D eigenvalue weighted by Crippen LogP contribution is -2.24. The molecule has 0 aliphatic heterocycles. The largest absolute Gasteiger partial charge is 0.493 e. The number of nitrogens with one attached hydrogen (secondary N) is 1. The lowest BCUT2D eigenvalue weighted by atomic mass is 10.2. The van der Waals surface area contributed by atoms with Gasteiger partial charge in [-0.05, 0) is 18.6 Å². The molecule has 5 nitrogen and oxygen atoms in total. The van der Waals surface area contributed by atoms with Gasteiger partial charge in [0.1, 0.15) is 0 Å². The number of carbonyl (C=O) groups is 1. The van der Waals surface area contributed by atoms with Crippen molar-refractivity contribution >= 4 is 17.6 Å². The molecule has 0 aromatic heterocycles. The molecule has 0 aliphatic carbocycles. The number of methoxy groups -OCH3 is 2. The lowest BCUT2D eigenvalue weighted by molar-refractivity contribution is -0.142. The Balaban J connectivity index is 2.67. The van der Waals surface area contributed by atoms with E-state index in [-0.39, 0.29) is 12.5 Å². The summed E-state index contributed by atoms with van der Waals surface area (Å²) < 4.78 is 15.2. The van der Waals surface area contributed by atoms with Crippen LogP contribution < -0.4 is 14.8 Å². The summed E-state index contributed by atoms with van der Waals surface area (Å²) >= 11 is 6.21. The first-order valence-corrected chi connectivity index (χ1v) is 6.27. The minimum atomic E-state index is -0.293. The minimum Gasteiger partial charge on any atom is -0.493 e. The number of hydrogen-bond acceptors (Lipinski definition) is 5. The predicted molar refractivity (Wildman–Crippen MR) is 72.9 cm³/mol. The van der Waals surface area contributed by atoms with Gasteiger partial charge in [0.05, 0.1) is 32.4 Å². The second kappa shape index (κ2) is 7.86. The Hall–Kier alpha value is -1.46. The second-order valence-corrected chi connectivity index (χ2v) is 4.06. The van der Waals surface area contributed by atoms with Gasteiger partial charge in [-0.15, -0.1) is 0 Å². The van der Waals surface area contributed by atoms with Crippen molar-refractivity contribution < 1.29 is 19.0 Å². The third-order valence-corrected chi connectivity index (χ3v) is 2.87. The highest BCUT2D eigenvalue weighted by Crippen LogP contribution is 2.37. The van der Waals surface area contributed by atoms with Gasteiger partial charge in [0.15, 0.2) is 11.5 Å². The van der Waals surface area contributed by atoms with Gasteiger partial charge in [-0.1, -0.05) is 17.7 Å². The highest BCUT2D eigenvalue weighted by atomic mass is 35.5. The second-order valence-electron chi connectivity index (χ2n) is 3.68. The molecule has 0 unspecified atom stereocenters. The number of carbonyl (C=O) groups excluding carboxylic acids is 1. The number of benzene rings is 1. The molecule has 0 saturated heterocycles. The molecule has 106 valence electrons. The average Bonchev–Trinajstić information content (AvgIpc) is 2.40. The molecule has 0 bridgehead atoms. The van der Waals surface area contributed by atoms with E-state index in [1.54, 1.807) is 20.1 Å². The molecule has 0 radical (unpaired) electrons. The summed E-state index contributed by atoms with van der Waals surface area (Å²) in [4.78, 5) is 11.2. The maximum absolute atomic E-state index is 11.2. The van der Waals surface area contributed by atoms with Crippen molar-refractivity contribution in [3.05, 3.63) is 22.7 Å². The summed E-state index contributed by atoms with van der Waals surface area (Å²) in [7, 11) is 3.08. The van der Waals surface area contributed by atoms with Crippen molar-refractivity contribution in [1.29, 1.82) is 0 Å². The normalized spacial score (nSPS) is 10.1. The molecular formula is C13H18ClNO4. The Morgan fingerprint density at radius 1 is 1.32 bits per heavy atom. The molecule has 19 heavy (non-hydrogen) atoms. The van der Waals surface area contributed by atoms with E-state index in [0.29, 0.717) is 29.7 Å². The third kappa shape index (κ3) is 4.29. The van der Waals surface area contributed by atoms with E-state index in [0.717, 1.165) is 5.56 Å². The Bertz CT molecular complexity index is 437. The van der Waals surface area contributed by atoms with Crippen LogP contribution in [0.1, 0.15) is 12.5 Å². The van der Waals surface area contributed by atoms with Gasteiger partial charge in [-0.25, -0.2) is 0 Å². The van der Waals surface area contributed by atoms with Crippen LogP contribution in [0.2, 0.25) is 5.02 Å². The molecule has 0 fully saturated rings. The highest BCUT2D eigenvalue weighted by molar-refractivity contribution is 6.33. The highest BCUT2D eigenvalue weighted by Gasteiger charge is 2.13. The quantitative estimate of drug-likeness (QED) is 0.778. The van der Waals surface area contributed by atoms with Crippen molar-refractivity contribution in [3.63, 3.8) is 0 Å². The molecule has 1 rings (SSSR count). The van der Waals surface area contributed by atoms with Gasteiger partial charge in [0, 0.05) is 6.54 Å². The van der Waals surface area contributed by atoms with Gasteiger partial charge in [0.2, 0.25) is 0 Å². The summed E-state index contributed by atoms with van der Waals surface area (Å²) in [5, 5.41) is 3.43. The molecule has 6 heteroatoms. The molecule has 0 saturated carbocycles. The molecule has 1 N–H and O–H groups in total. The first-order chi connectivity index (χ1) is 9.13. The molecule has 0 atom stereocenters. The minimum absolute atomic E-state index is 0.137. The zero-order valence-corrected chi connectivity index (χ0v) is 12.0. The zero-order chi connectivity index (χ0) is 14.3.